The zero-order chi connectivity index (χ0) is 18.3. The van der Waals surface area contributed by atoms with Crippen LogP contribution in [0, 0.1) is 5.41 Å². The van der Waals surface area contributed by atoms with Crippen molar-refractivity contribution in [2.24, 2.45) is 5.41 Å². The van der Waals surface area contributed by atoms with Gasteiger partial charge in [-0.25, -0.2) is 0 Å². The van der Waals surface area contributed by atoms with Crippen LogP contribution in [0.1, 0.15) is 23.7 Å². The molecule has 8 heteroatoms. The Bertz CT molecular complexity index is 867. The van der Waals surface area contributed by atoms with Crippen LogP contribution < -0.4 is 4.74 Å². The van der Waals surface area contributed by atoms with E-state index < -0.39 is 11.4 Å². The lowest BCUT2D eigenvalue weighted by Crippen LogP contribution is -2.46. The molecule has 1 aromatic heterocycles. The number of carboxylic acid groups (broad SMARTS) is 1. The van der Waals surface area contributed by atoms with E-state index in [1.54, 1.807) is 11.0 Å². The number of carbonyl (C=O) groups is 2. The zero-order valence-corrected chi connectivity index (χ0v) is 14.6. The topological polar surface area (TPSA) is 92.9 Å². The second-order valence-electron chi connectivity index (χ2n) is 6.73. The molecule has 26 heavy (non-hydrogen) atoms. The van der Waals surface area contributed by atoms with E-state index >= 15 is 0 Å². The molecule has 2 aliphatic rings. The first-order chi connectivity index (χ1) is 12.5. The molecule has 0 aliphatic carbocycles. The smallest absolute Gasteiger partial charge is 0.315 e. The van der Waals surface area contributed by atoms with Crippen molar-refractivity contribution >= 4 is 23.5 Å². The summed E-state index contributed by atoms with van der Waals surface area (Å²) in [5.41, 5.74) is -0.266. The number of para-hydroxylation sites is 1. The molecule has 0 bridgehead atoms. The van der Waals surface area contributed by atoms with Gasteiger partial charge in [-0.05, 0) is 6.07 Å². The maximum Gasteiger partial charge on any atom is 0.315 e. The SMILES string of the molecule is O=C(CCc1cc(Cl)no1)N1C[C@H]2c3ccccc3OC[C@@]2(C(=O)O)C1. The van der Waals surface area contributed by atoms with E-state index in [-0.39, 0.29) is 36.6 Å². The Morgan fingerprint density at radius 3 is 2.92 bits per heavy atom. The number of carboxylic acids is 1. The molecule has 2 atom stereocenters. The van der Waals surface area contributed by atoms with E-state index in [1.807, 2.05) is 24.3 Å². The van der Waals surface area contributed by atoms with Gasteiger partial charge >= 0.3 is 5.97 Å². The molecule has 1 aromatic carbocycles. The summed E-state index contributed by atoms with van der Waals surface area (Å²) in [5, 5.41) is 13.7. The summed E-state index contributed by atoms with van der Waals surface area (Å²) in [6.07, 6.45) is 0.573. The van der Waals surface area contributed by atoms with Crippen LogP contribution in [-0.2, 0) is 16.0 Å². The van der Waals surface area contributed by atoms with Gasteiger partial charge in [-0.1, -0.05) is 35.0 Å². The fourth-order valence-electron chi connectivity index (χ4n) is 3.82. The minimum Gasteiger partial charge on any atom is -0.492 e. The summed E-state index contributed by atoms with van der Waals surface area (Å²) in [6.45, 7) is 0.561. The third-order valence-corrected chi connectivity index (χ3v) is 5.39. The second kappa shape index (κ2) is 6.32. The van der Waals surface area contributed by atoms with Gasteiger partial charge in [0.1, 0.15) is 23.5 Å². The van der Waals surface area contributed by atoms with Crippen molar-refractivity contribution in [3.05, 3.63) is 46.8 Å². The normalized spacial score (nSPS) is 23.9. The summed E-state index contributed by atoms with van der Waals surface area (Å²) in [6, 6.07) is 8.99. The van der Waals surface area contributed by atoms with Gasteiger partial charge < -0.3 is 19.3 Å². The molecule has 0 spiro atoms. The van der Waals surface area contributed by atoms with Gasteiger partial charge in [0.15, 0.2) is 5.15 Å². The molecule has 1 fully saturated rings. The molecule has 3 heterocycles. The lowest BCUT2D eigenvalue weighted by Gasteiger charge is -2.35. The lowest BCUT2D eigenvalue weighted by molar-refractivity contribution is -0.152. The Kier molecular flexibility index (Phi) is 4.11. The van der Waals surface area contributed by atoms with E-state index in [2.05, 4.69) is 5.16 Å². The predicted octanol–water partition coefficient (Wildman–Crippen LogP) is 2.35. The van der Waals surface area contributed by atoms with E-state index in [1.165, 1.54) is 0 Å². The Labute approximate surface area is 154 Å². The molecular weight excluding hydrogens is 360 g/mol. The standard InChI is InChI=1S/C18H17ClN2O5/c19-15-7-11(26-20-15)5-6-16(22)21-8-13-12-3-1-2-4-14(12)25-10-18(13,9-21)17(23)24/h1-4,7,13H,5-6,8-10H2,(H,23,24)/t13-,18-/m0/s1. The maximum atomic E-state index is 12.6. The fraction of sp³-hybridized carbons (Fsp3) is 0.389. The summed E-state index contributed by atoms with van der Waals surface area (Å²) < 4.78 is 10.7. The van der Waals surface area contributed by atoms with Gasteiger partial charge in [0.25, 0.3) is 0 Å². The van der Waals surface area contributed by atoms with Gasteiger partial charge in [-0.15, -0.1) is 0 Å². The highest BCUT2D eigenvalue weighted by Crippen LogP contribution is 2.49. The van der Waals surface area contributed by atoms with Gasteiger partial charge in [0.2, 0.25) is 5.91 Å². The highest BCUT2D eigenvalue weighted by Gasteiger charge is 2.57. The minimum absolute atomic E-state index is 0.0610. The number of nitrogens with zero attached hydrogens (tertiary/aromatic N) is 2. The molecule has 0 unspecified atom stereocenters. The summed E-state index contributed by atoms with van der Waals surface area (Å²) in [4.78, 5) is 26.3. The van der Waals surface area contributed by atoms with E-state index in [0.717, 1.165) is 5.56 Å². The Morgan fingerprint density at radius 1 is 1.38 bits per heavy atom. The Hall–Kier alpha value is -2.54. The summed E-state index contributed by atoms with van der Waals surface area (Å²) in [7, 11) is 0. The zero-order valence-electron chi connectivity index (χ0n) is 13.9. The van der Waals surface area contributed by atoms with Crippen LogP contribution in [-0.4, -0.2) is 46.7 Å². The number of likely N-dealkylation sites (tertiary alicyclic amines) is 1. The molecule has 1 amide bonds. The van der Waals surface area contributed by atoms with Gasteiger partial charge in [0.05, 0.1) is 0 Å². The third kappa shape index (κ3) is 2.72. The van der Waals surface area contributed by atoms with Gasteiger partial charge in [-0.2, -0.15) is 0 Å². The molecule has 1 N–H and O–H groups in total. The molecule has 136 valence electrons. The number of fused-ring (bicyclic) bond motifs is 3. The number of aryl methyl sites for hydroxylation is 1. The average molecular weight is 377 g/mol. The average Bonchev–Trinajstić information content (AvgIpc) is 3.24. The van der Waals surface area contributed by atoms with Crippen molar-refractivity contribution in [3.8, 4) is 5.75 Å². The minimum atomic E-state index is -1.11. The molecule has 2 aliphatic heterocycles. The highest BCUT2D eigenvalue weighted by molar-refractivity contribution is 6.29. The second-order valence-corrected chi connectivity index (χ2v) is 7.12. The number of amides is 1. The lowest BCUT2D eigenvalue weighted by atomic mass is 9.73. The van der Waals surface area contributed by atoms with Crippen molar-refractivity contribution in [1.82, 2.24) is 10.1 Å². The van der Waals surface area contributed by atoms with Crippen LogP contribution in [0.4, 0.5) is 0 Å². The van der Waals surface area contributed by atoms with Crippen LogP contribution in [0.25, 0.3) is 0 Å². The highest BCUT2D eigenvalue weighted by atomic mass is 35.5. The quantitative estimate of drug-likeness (QED) is 0.880. The monoisotopic (exact) mass is 376 g/mol. The first kappa shape index (κ1) is 16.9. The van der Waals surface area contributed by atoms with Gasteiger partial charge in [-0.3, -0.25) is 9.59 Å². The fourth-order valence-corrected chi connectivity index (χ4v) is 3.98. The molecule has 1 saturated heterocycles. The molecule has 4 rings (SSSR count). The number of hydrogen-bond donors (Lipinski definition) is 1. The number of hydrogen-bond acceptors (Lipinski definition) is 5. The number of benzene rings is 1. The van der Waals surface area contributed by atoms with Crippen molar-refractivity contribution in [2.75, 3.05) is 19.7 Å². The number of aromatic nitrogens is 1. The van der Waals surface area contributed by atoms with Crippen LogP contribution in [0.15, 0.2) is 34.9 Å². The summed E-state index contributed by atoms with van der Waals surface area (Å²) in [5.74, 6) is -0.116. The van der Waals surface area contributed by atoms with Crippen molar-refractivity contribution in [1.29, 1.82) is 0 Å². The van der Waals surface area contributed by atoms with Crippen LogP contribution in [0.5, 0.6) is 5.75 Å². The Balaban J connectivity index is 1.53. The van der Waals surface area contributed by atoms with Crippen molar-refractivity contribution in [3.63, 3.8) is 0 Å². The summed E-state index contributed by atoms with van der Waals surface area (Å²) >= 11 is 5.71. The van der Waals surface area contributed by atoms with Gasteiger partial charge in [0, 0.05) is 43.5 Å². The molecular formula is C18H17ClN2O5. The number of halogens is 1. The van der Waals surface area contributed by atoms with E-state index in [0.29, 0.717) is 24.5 Å². The maximum absolute atomic E-state index is 12.6. The molecule has 7 nitrogen and oxygen atoms in total. The van der Waals surface area contributed by atoms with Crippen molar-refractivity contribution < 1.29 is 24.0 Å². The number of aliphatic carboxylic acids is 1. The third-order valence-electron chi connectivity index (χ3n) is 5.22. The molecule has 0 saturated carbocycles. The van der Waals surface area contributed by atoms with Crippen molar-refractivity contribution in [2.45, 2.75) is 18.8 Å². The largest absolute Gasteiger partial charge is 0.492 e. The molecule has 0 radical (unpaired) electrons. The number of rotatable bonds is 4. The number of ether oxygens (including phenoxy) is 1. The molecule has 2 aromatic rings. The van der Waals surface area contributed by atoms with E-state index in [4.69, 9.17) is 20.9 Å². The van der Waals surface area contributed by atoms with Crippen LogP contribution in [0.3, 0.4) is 0 Å². The predicted molar refractivity (Wildman–Crippen MR) is 91.2 cm³/mol. The van der Waals surface area contributed by atoms with Crippen LogP contribution in [0.2, 0.25) is 5.15 Å². The van der Waals surface area contributed by atoms with E-state index in [9.17, 15) is 14.7 Å². The first-order valence-corrected chi connectivity index (χ1v) is 8.71. The first-order valence-electron chi connectivity index (χ1n) is 8.33. The Morgan fingerprint density at radius 2 is 2.19 bits per heavy atom. The van der Waals surface area contributed by atoms with Crippen LogP contribution >= 0.6 is 11.6 Å². The number of carbonyl (C=O) groups excluding carboxylic acids is 1.